The molecule has 1 aromatic heterocycles. The molecule has 1 aliphatic rings. The van der Waals surface area contributed by atoms with Crippen molar-refractivity contribution in [2.24, 2.45) is 0 Å². The molecule has 0 aliphatic carbocycles. The molecule has 0 bridgehead atoms. The summed E-state index contributed by atoms with van der Waals surface area (Å²) in [5.41, 5.74) is 0.244. The minimum Gasteiger partial charge on any atom is -0.340 e. The smallest absolute Gasteiger partial charge is 0.260 e. The van der Waals surface area contributed by atoms with Crippen LogP contribution in [-0.2, 0) is 11.2 Å². The Morgan fingerprint density at radius 3 is 2.73 bits per heavy atom. The van der Waals surface area contributed by atoms with Gasteiger partial charge in [-0.3, -0.25) is 4.79 Å². The number of hydrogen-bond donors (Lipinski definition) is 0. The Hall–Kier alpha value is -2.28. The van der Waals surface area contributed by atoms with E-state index in [4.69, 9.17) is 4.52 Å². The number of nitrogens with zero attached hydrogens (tertiary/aromatic N) is 4. The van der Waals surface area contributed by atoms with Crippen LogP contribution in [0.15, 0.2) is 28.8 Å². The maximum Gasteiger partial charge on any atom is 0.260 e. The number of benzene rings is 1. The Labute approximate surface area is 127 Å². The van der Waals surface area contributed by atoms with Gasteiger partial charge >= 0.3 is 0 Å². The van der Waals surface area contributed by atoms with E-state index in [0.29, 0.717) is 13.1 Å². The highest BCUT2D eigenvalue weighted by Gasteiger charge is 2.21. The van der Waals surface area contributed by atoms with Crippen molar-refractivity contribution >= 4 is 5.91 Å². The minimum atomic E-state index is -0.428. The lowest BCUT2D eigenvalue weighted by Gasteiger charge is -2.32. The van der Waals surface area contributed by atoms with Gasteiger partial charge in [0.1, 0.15) is 5.82 Å². The van der Waals surface area contributed by atoms with E-state index in [1.807, 2.05) is 7.05 Å². The molecule has 116 valence electrons. The molecule has 1 aliphatic heterocycles. The lowest BCUT2D eigenvalue weighted by atomic mass is 10.2. The van der Waals surface area contributed by atoms with E-state index < -0.39 is 5.82 Å². The van der Waals surface area contributed by atoms with Crippen LogP contribution in [0.1, 0.15) is 5.82 Å². The molecule has 0 radical (unpaired) electrons. The summed E-state index contributed by atoms with van der Waals surface area (Å²) in [6, 6.07) is 6.17. The predicted molar refractivity (Wildman–Crippen MR) is 77.5 cm³/mol. The standard InChI is InChI=1S/C15H17FN4O2/c1-19-6-8-20(9-7-19)14(21)10-13-17-15(22-18-13)11-4-2-3-5-12(11)16/h2-5H,6-10H2,1H3. The van der Waals surface area contributed by atoms with E-state index in [1.165, 1.54) is 6.07 Å². The van der Waals surface area contributed by atoms with Crippen molar-refractivity contribution < 1.29 is 13.7 Å². The quantitative estimate of drug-likeness (QED) is 0.852. The molecule has 1 fully saturated rings. The zero-order chi connectivity index (χ0) is 15.5. The monoisotopic (exact) mass is 304 g/mol. The number of piperazine rings is 1. The lowest BCUT2D eigenvalue weighted by molar-refractivity contribution is -0.132. The summed E-state index contributed by atoms with van der Waals surface area (Å²) in [4.78, 5) is 20.3. The van der Waals surface area contributed by atoms with Crippen LogP contribution < -0.4 is 0 Å². The van der Waals surface area contributed by atoms with Crippen molar-refractivity contribution in [3.05, 3.63) is 35.9 Å². The van der Waals surface area contributed by atoms with Gasteiger partial charge in [-0.1, -0.05) is 17.3 Å². The predicted octanol–water partition coefficient (Wildman–Crippen LogP) is 1.19. The molecule has 0 unspecified atom stereocenters. The van der Waals surface area contributed by atoms with Crippen LogP contribution >= 0.6 is 0 Å². The second-order valence-corrected chi connectivity index (χ2v) is 5.36. The van der Waals surface area contributed by atoms with Crippen molar-refractivity contribution in [3.63, 3.8) is 0 Å². The minimum absolute atomic E-state index is 0.0333. The van der Waals surface area contributed by atoms with E-state index in [2.05, 4.69) is 15.0 Å². The highest BCUT2D eigenvalue weighted by molar-refractivity contribution is 5.78. The summed E-state index contributed by atoms with van der Waals surface area (Å²) in [5, 5.41) is 3.77. The number of halogens is 1. The summed E-state index contributed by atoms with van der Waals surface area (Å²) in [5.74, 6) is -0.0847. The van der Waals surface area contributed by atoms with Crippen LogP contribution in [0.4, 0.5) is 4.39 Å². The number of hydrogen-bond acceptors (Lipinski definition) is 5. The molecular weight excluding hydrogens is 287 g/mol. The second kappa shape index (κ2) is 6.23. The van der Waals surface area contributed by atoms with Crippen LogP contribution in [0.5, 0.6) is 0 Å². The third kappa shape index (κ3) is 3.14. The molecule has 3 rings (SSSR count). The molecular formula is C15H17FN4O2. The fourth-order valence-electron chi connectivity index (χ4n) is 2.37. The Kier molecular flexibility index (Phi) is 4.15. The molecule has 0 saturated carbocycles. The molecule has 0 spiro atoms. The van der Waals surface area contributed by atoms with E-state index in [1.54, 1.807) is 23.1 Å². The molecule has 22 heavy (non-hydrogen) atoms. The average Bonchev–Trinajstić information content (AvgIpc) is 2.96. The van der Waals surface area contributed by atoms with Crippen molar-refractivity contribution in [2.75, 3.05) is 33.2 Å². The summed E-state index contributed by atoms with van der Waals surface area (Å²) in [6.07, 6.45) is 0.0711. The van der Waals surface area contributed by atoms with Gasteiger partial charge < -0.3 is 14.3 Å². The van der Waals surface area contributed by atoms with Crippen molar-refractivity contribution in [1.82, 2.24) is 19.9 Å². The van der Waals surface area contributed by atoms with Gasteiger partial charge in [0.25, 0.3) is 5.89 Å². The van der Waals surface area contributed by atoms with Gasteiger partial charge in [0.05, 0.1) is 12.0 Å². The number of carbonyl (C=O) groups is 1. The first kappa shape index (κ1) is 14.6. The van der Waals surface area contributed by atoms with Gasteiger partial charge in [-0.25, -0.2) is 4.39 Å². The maximum atomic E-state index is 13.7. The first-order valence-corrected chi connectivity index (χ1v) is 7.17. The molecule has 2 aromatic rings. The van der Waals surface area contributed by atoms with Crippen molar-refractivity contribution in [2.45, 2.75) is 6.42 Å². The third-order valence-electron chi connectivity index (χ3n) is 3.74. The number of carbonyl (C=O) groups excluding carboxylic acids is 1. The first-order chi connectivity index (χ1) is 10.6. The normalized spacial score (nSPS) is 16.0. The molecule has 2 heterocycles. The van der Waals surface area contributed by atoms with E-state index >= 15 is 0 Å². The zero-order valence-corrected chi connectivity index (χ0v) is 12.3. The third-order valence-corrected chi connectivity index (χ3v) is 3.74. The molecule has 1 saturated heterocycles. The summed E-state index contributed by atoms with van der Waals surface area (Å²) in [7, 11) is 2.03. The SMILES string of the molecule is CN1CCN(C(=O)Cc2noc(-c3ccccc3F)n2)CC1. The maximum absolute atomic E-state index is 13.7. The van der Waals surface area contributed by atoms with Crippen LogP contribution in [0, 0.1) is 5.82 Å². The Morgan fingerprint density at radius 1 is 1.27 bits per heavy atom. The second-order valence-electron chi connectivity index (χ2n) is 5.36. The van der Waals surface area contributed by atoms with Gasteiger partial charge in [0.15, 0.2) is 5.82 Å². The summed E-state index contributed by atoms with van der Waals surface area (Å²) < 4.78 is 18.7. The molecule has 1 amide bonds. The van der Waals surface area contributed by atoms with Crippen LogP contribution in [0.2, 0.25) is 0 Å². The van der Waals surface area contributed by atoms with Crippen LogP contribution in [0.3, 0.4) is 0 Å². The van der Waals surface area contributed by atoms with Crippen molar-refractivity contribution in [1.29, 1.82) is 0 Å². The van der Waals surface area contributed by atoms with E-state index in [9.17, 15) is 9.18 Å². The van der Waals surface area contributed by atoms with Crippen molar-refractivity contribution in [3.8, 4) is 11.5 Å². The van der Waals surface area contributed by atoms with E-state index in [0.717, 1.165) is 13.1 Å². The summed E-state index contributed by atoms with van der Waals surface area (Å²) in [6.45, 7) is 3.12. The van der Waals surface area contributed by atoms with Crippen LogP contribution in [0.25, 0.3) is 11.5 Å². The Bertz CT molecular complexity index is 665. The first-order valence-electron chi connectivity index (χ1n) is 7.17. The van der Waals surface area contributed by atoms with Gasteiger partial charge in [-0.05, 0) is 19.2 Å². The number of likely N-dealkylation sites (N-methyl/N-ethyl adjacent to an activating group) is 1. The average molecular weight is 304 g/mol. The van der Waals surface area contributed by atoms with Gasteiger partial charge in [0, 0.05) is 26.2 Å². The van der Waals surface area contributed by atoms with Gasteiger partial charge in [-0.2, -0.15) is 4.98 Å². The number of rotatable bonds is 3. The number of amides is 1. The molecule has 0 N–H and O–H groups in total. The fourth-order valence-corrected chi connectivity index (χ4v) is 2.37. The van der Waals surface area contributed by atoms with E-state index in [-0.39, 0.29) is 29.6 Å². The molecule has 7 heteroatoms. The van der Waals surface area contributed by atoms with Gasteiger partial charge in [-0.15, -0.1) is 0 Å². The van der Waals surface area contributed by atoms with Crippen LogP contribution in [-0.4, -0.2) is 59.1 Å². The zero-order valence-electron chi connectivity index (χ0n) is 12.3. The summed E-state index contributed by atoms with van der Waals surface area (Å²) >= 11 is 0. The molecule has 0 atom stereocenters. The Morgan fingerprint density at radius 2 is 2.00 bits per heavy atom. The number of aromatic nitrogens is 2. The fraction of sp³-hybridized carbons (Fsp3) is 0.400. The lowest BCUT2D eigenvalue weighted by Crippen LogP contribution is -2.47. The largest absolute Gasteiger partial charge is 0.340 e. The highest BCUT2D eigenvalue weighted by Crippen LogP contribution is 2.20. The van der Waals surface area contributed by atoms with Gasteiger partial charge in [0.2, 0.25) is 5.91 Å². The Balaban J connectivity index is 1.67. The highest BCUT2D eigenvalue weighted by atomic mass is 19.1. The molecule has 1 aromatic carbocycles. The molecule has 6 nitrogen and oxygen atoms in total. The topological polar surface area (TPSA) is 62.5 Å².